The fourth-order valence-electron chi connectivity index (χ4n) is 5.60. The van der Waals surface area contributed by atoms with Gasteiger partial charge in [0, 0.05) is 24.4 Å². The number of benzene rings is 3. The van der Waals surface area contributed by atoms with E-state index < -0.39 is 11.9 Å². The zero-order valence-corrected chi connectivity index (χ0v) is 22.7. The molecule has 2 bridgehead atoms. The van der Waals surface area contributed by atoms with Gasteiger partial charge in [0.05, 0.1) is 6.61 Å². The van der Waals surface area contributed by atoms with Crippen LogP contribution in [0, 0.1) is 5.82 Å². The van der Waals surface area contributed by atoms with Crippen LogP contribution in [0.1, 0.15) is 58.9 Å². The first-order chi connectivity index (χ1) is 20.1. The van der Waals surface area contributed by atoms with E-state index in [4.69, 9.17) is 9.47 Å². The lowest BCUT2D eigenvalue weighted by Gasteiger charge is -2.44. The van der Waals surface area contributed by atoms with E-state index in [0.717, 1.165) is 36.8 Å². The molecule has 0 unspecified atom stereocenters. The standard InChI is InChI=1S/C33H32FN3O4/c34-27-17-11-16-26-29(25-14-7-4-8-15-25)37-23-35(19-9-1-2-10-21-40-31(26)27)33(39)30-32(28(38)18-20-36(30)37)41-22-24-12-5-3-6-13-24/h3-8,11-18,20,29H,1-2,9-10,19,21-23H2/t29-/m0/s1. The number of hydrogen-bond donors (Lipinski definition) is 0. The minimum Gasteiger partial charge on any atom is -0.490 e. The highest BCUT2D eigenvalue weighted by Crippen LogP contribution is 2.38. The van der Waals surface area contributed by atoms with Gasteiger partial charge in [-0.3, -0.25) is 19.3 Å². The van der Waals surface area contributed by atoms with Crippen molar-refractivity contribution in [1.82, 2.24) is 9.58 Å². The Balaban J connectivity index is 1.54. The van der Waals surface area contributed by atoms with Crippen molar-refractivity contribution in [2.24, 2.45) is 0 Å². The van der Waals surface area contributed by atoms with Gasteiger partial charge in [0.2, 0.25) is 5.43 Å². The van der Waals surface area contributed by atoms with Crippen LogP contribution in [0.25, 0.3) is 0 Å². The van der Waals surface area contributed by atoms with Gasteiger partial charge >= 0.3 is 0 Å². The number of carbonyl (C=O) groups is 1. The molecule has 41 heavy (non-hydrogen) atoms. The number of pyridine rings is 1. The number of amides is 1. The number of aromatic nitrogens is 1. The molecule has 2 aliphatic rings. The Bertz CT molecular complexity index is 1570. The Morgan fingerprint density at radius 2 is 1.61 bits per heavy atom. The Morgan fingerprint density at radius 1 is 0.854 bits per heavy atom. The van der Waals surface area contributed by atoms with E-state index in [9.17, 15) is 9.59 Å². The average molecular weight is 554 g/mol. The molecule has 0 spiro atoms. The predicted octanol–water partition coefficient (Wildman–Crippen LogP) is 5.66. The molecule has 1 atom stereocenters. The molecular weight excluding hydrogens is 521 g/mol. The number of nitrogens with zero attached hydrogens (tertiary/aromatic N) is 3. The largest absolute Gasteiger partial charge is 0.490 e. The SMILES string of the molecule is O=C1c2c(OCc3ccccc3)c(=O)ccn2N2CN1CCCCCCOc1c(F)cccc1[C@@H]2c1ccccc1. The zero-order chi connectivity index (χ0) is 28.2. The van der Waals surface area contributed by atoms with Gasteiger partial charge in [-0.15, -0.1) is 0 Å². The van der Waals surface area contributed by atoms with Crippen LogP contribution in [0.4, 0.5) is 4.39 Å². The van der Waals surface area contributed by atoms with Crippen molar-refractivity contribution in [2.45, 2.75) is 38.3 Å². The van der Waals surface area contributed by atoms with E-state index in [2.05, 4.69) is 0 Å². The van der Waals surface area contributed by atoms with Crippen LogP contribution in [0.3, 0.4) is 0 Å². The van der Waals surface area contributed by atoms with Crippen molar-refractivity contribution < 1.29 is 18.7 Å². The number of hydrogen-bond acceptors (Lipinski definition) is 5. The maximum Gasteiger partial charge on any atom is 0.277 e. The van der Waals surface area contributed by atoms with Gasteiger partial charge in [-0.1, -0.05) is 85.6 Å². The summed E-state index contributed by atoms with van der Waals surface area (Å²) in [6.07, 6.45) is 5.00. The molecule has 3 aromatic carbocycles. The number of rotatable bonds is 4. The first kappa shape index (κ1) is 26.6. The molecule has 3 heterocycles. The maximum absolute atomic E-state index is 15.4. The molecule has 7 nitrogen and oxygen atoms in total. The third kappa shape index (κ3) is 5.42. The van der Waals surface area contributed by atoms with Crippen LogP contribution >= 0.6 is 0 Å². The van der Waals surface area contributed by atoms with Gasteiger partial charge in [0.15, 0.2) is 23.0 Å². The molecule has 1 amide bonds. The Kier molecular flexibility index (Phi) is 7.71. The van der Waals surface area contributed by atoms with Crippen molar-refractivity contribution in [3.63, 3.8) is 0 Å². The summed E-state index contributed by atoms with van der Waals surface area (Å²) in [5, 5.41) is 1.99. The average Bonchev–Trinajstić information content (AvgIpc) is 3.01. The number of fused-ring (bicyclic) bond motifs is 5. The number of para-hydroxylation sites is 1. The van der Waals surface area contributed by atoms with E-state index >= 15 is 4.39 Å². The number of carbonyl (C=O) groups excluding carboxylic acids is 1. The predicted molar refractivity (Wildman–Crippen MR) is 154 cm³/mol. The zero-order valence-electron chi connectivity index (χ0n) is 22.7. The molecule has 0 N–H and O–H groups in total. The van der Waals surface area contributed by atoms with Gasteiger partial charge in [-0.25, -0.2) is 4.39 Å². The monoisotopic (exact) mass is 553 g/mol. The molecule has 0 fully saturated rings. The molecule has 4 aromatic rings. The Morgan fingerprint density at radius 3 is 2.41 bits per heavy atom. The van der Waals surface area contributed by atoms with Crippen LogP contribution < -0.4 is 19.9 Å². The van der Waals surface area contributed by atoms with Crippen molar-refractivity contribution >= 4 is 5.91 Å². The molecular formula is C33H32FN3O4. The first-order valence-electron chi connectivity index (χ1n) is 14.1. The first-order valence-corrected chi connectivity index (χ1v) is 14.1. The smallest absolute Gasteiger partial charge is 0.277 e. The summed E-state index contributed by atoms with van der Waals surface area (Å²) < 4.78 is 29.2. The summed E-state index contributed by atoms with van der Waals surface area (Å²) in [7, 11) is 0. The summed E-state index contributed by atoms with van der Waals surface area (Å²) in [4.78, 5) is 29.0. The van der Waals surface area contributed by atoms with E-state index in [0.29, 0.717) is 18.7 Å². The van der Waals surface area contributed by atoms with Crippen molar-refractivity contribution in [2.75, 3.05) is 24.8 Å². The van der Waals surface area contributed by atoms with Gasteiger partial charge in [0.1, 0.15) is 19.3 Å². The highest BCUT2D eigenvalue weighted by atomic mass is 19.1. The number of halogens is 1. The normalized spacial score (nSPS) is 17.3. The molecule has 8 heteroatoms. The van der Waals surface area contributed by atoms with Crippen molar-refractivity contribution in [3.05, 3.63) is 130 Å². The highest BCUT2D eigenvalue weighted by Gasteiger charge is 2.38. The van der Waals surface area contributed by atoms with Crippen LogP contribution in [-0.4, -0.2) is 35.3 Å². The molecule has 210 valence electrons. The summed E-state index contributed by atoms with van der Waals surface area (Å²) in [6.45, 7) is 1.31. The molecule has 6 rings (SSSR count). The van der Waals surface area contributed by atoms with Gasteiger partial charge in [-0.2, -0.15) is 0 Å². The summed E-state index contributed by atoms with van der Waals surface area (Å²) >= 11 is 0. The van der Waals surface area contributed by atoms with Crippen molar-refractivity contribution in [3.8, 4) is 11.5 Å². The topological polar surface area (TPSA) is 64.0 Å². The third-order valence-electron chi connectivity index (χ3n) is 7.62. The summed E-state index contributed by atoms with van der Waals surface area (Å²) in [6, 6.07) is 25.1. The molecule has 0 radical (unpaired) electrons. The fraction of sp³-hybridized carbons (Fsp3) is 0.273. The molecule has 2 aliphatic heterocycles. The lowest BCUT2D eigenvalue weighted by atomic mass is 9.96. The molecule has 1 aromatic heterocycles. The van der Waals surface area contributed by atoms with Crippen LogP contribution in [-0.2, 0) is 6.61 Å². The van der Waals surface area contributed by atoms with E-state index in [1.165, 1.54) is 12.1 Å². The second-order valence-corrected chi connectivity index (χ2v) is 10.4. The fourth-order valence-corrected chi connectivity index (χ4v) is 5.60. The van der Waals surface area contributed by atoms with Crippen LogP contribution in [0.15, 0.2) is 95.9 Å². The van der Waals surface area contributed by atoms with E-state index in [-0.39, 0.29) is 41.8 Å². The second kappa shape index (κ2) is 11.9. The quantitative estimate of drug-likeness (QED) is 0.326. The molecule has 0 saturated carbocycles. The molecule has 0 aliphatic carbocycles. The van der Waals surface area contributed by atoms with Crippen molar-refractivity contribution in [1.29, 1.82) is 0 Å². The Hall–Kier alpha value is -4.59. The lowest BCUT2D eigenvalue weighted by molar-refractivity contribution is 0.0673. The highest BCUT2D eigenvalue weighted by molar-refractivity contribution is 5.96. The summed E-state index contributed by atoms with van der Waals surface area (Å²) in [5.74, 6) is -0.496. The van der Waals surface area contributed by atoms with Gasteiger partial charge < -0.3 is 14.4 Å². The Labute approximate surface area is 238 Å². The van der Waals surface area contributed by atoms with E-state index in [1.807, 2.05) is 71.7 Å². The van der Waals surface area contributed by atoms with Gasteiger partial charge in [0.25, 0.3) is 5.91 Å². The van der Waals surface area contributed by atoms with Gasteiger partial charge in [-0.05, 0) is 30.0 Å². The number of ether oxygens (including phenoxy) is 2. The van der Waals surface area contributed by atoms with E-state index in [1.54, 1.807) is 21.8 Å². The minimum absolute atomic E-state index is 0.00268. The lowest BCUT2D eigenvalue weighted by Crippen LogP contribution is -2.55. The molecule has 0 saturated heterocycles. The van der Waals surface area contributed by atoms with Crippen LogP contribution in [0.5, 0.6) is 11.5 Å². The maximum atomic E-state index is 15.4. The second-order valence-electron chi connectivity index (χ2n) is 10.4. The van der Waals surface area contributed by atoms with Crippen LogP contribution in [0.2, 0.25) is 0 Å². The third-order valence-corrected chi connectivity index (χ3v) is 7.62. The minimum atomic E-state index is -0.526. The summed E-state index contributed by atoms with van der Waals surface area (Å²) in [5.41, 5.74) is 2.21.